The third kappa shape index (κ3) is 5.52. The van der Waals surface area contributed by atoms with Crippen molar-refractivity contribution in [3.05, 3.63) is 96.2 Å². The highest BCUT2D eigenvalue weighted by atomic mass is 32.2. The SMILES string of the molecule is COc1ncc(-c2ccc3nc(N)c(-c4ccc(CSN)cc4)cc3c2)cc1NSc1ccc(F)cc1F. The molecule has 0 aliphatic rings. The zero-order chi connectivity index (χ0) is 26.6. The molecule has 3 aromatic carbocycles. The van der Waals surface area contributed by atoms with E-state index in [1.54, 1.807) is 6.20 Å². The molecule has 0 unspecified atom stereocenters. The quantitative estimate of drug-likeness (QED) is 0.178. The molecule has 5 aromatic rings. The topological polar surface area (TPSA) is 99.1 Å². The van der Waals surface area contributed by atoms with Gasteiger partial charge in [-0.2, -0.15) is 0 Å². The Kier molecular flexibility index (Phi) is 7.64. The fourth-order valence-corrected chi connectivity index (χ4v) is 5.04. The molecule has 6 nitrogen and oxygen atoms in total. The summed E-state index contributed by atoms with van der Waals surface area (Å²) in [4.78, 5) is 9.26. The summed E-state index contributed by atoms with van der Waals surface area (Å²) in [6.07, 6.45) is 1.70. The number of nitrogens with two attached hydrogens (primary N) is 2. The Morgan fingerprint density at radius 1 is 0.921 bits per heavy atom. The first kappa shape index (κ1) is 25.8. The summed E-state index contributed by atoms with van der Waals surface area (Å²) in [6, 6.07) is 21.3. The minimum absolute atomic E-state index is 0.246. The van der Waals surface area contributed by atoms with Gasteiger partial charge in [0.15, 0.2) is 0 Å². The lowest BCUT2D eigenvalue weighted by molar-refractivity contribution is 0.400. The normalized spacial score (nSPS) is 11.1. The summed E-state index contributed by atoms with van der Waals surface area (Å²) in [7, 11) is 1.51. The maximum absolute atomic E-state index is 14.1. The standard InChI is InChI=1S/C28H23F2N5OS2/c1-36-28-25(35-38-26-9-7-21(29)13-23(26)30)12-20(14-33-28)18-6-8-24-19(10-18)11-22(27(31)34-24)17-4-2-16(3-5-17)15-37-32/h2-14,35H,15,32H2,1H3,(H2,31,34). The number of halogens is 2. The lowest BCUT2D eigenvalue weighted by Crippen LogP contribution is -1.97. The van der Waals surface area contributed by atoms with Crippen LogP contribution in [0, 0.1) is 11.6 Å². The Hall–Kier alpha value is -3.86. The van der Waals surface area contributed by atoms with Crippen LogP contribution < -0.4 is 20.3 Å². The highest BCUT2D eigenvalue weighted by molar-refractivity contribution is 8.00. The minimum atomic E-state index is -0.657. The molecule has 0 saturated heterocycles. The van der Waals surface area contributed by atoms with Gasteiger partial charge < -0.3 is 15.2 Å². The molecule has 5 N–H and O–H groups in total. The average Bonchev–Trinajstić information content (AvgIpc) is 2.92. The number of nitrogens with one attached hydrogen (secondary N) is 1. The van der Waals surface area contributed by atoms with Crippen molar-refractivity contribution in [3.8, 4) is 28.1 Å². The summed E-state index contributed by atoms with van der Waals surface area (Å²) < 4.78 is 35.8. The van der Waals surface area contributed by atoms with E-state index in [0.29, 0.717) is 17.4 Å². The highest BCUT2D eigenvalue weighted by Crippen LogP contribution is 2.35. The Morgan fingerprint density at radius 3 is 2.45 bits per heavy atom. The van der Waals surface area contributed by atoms with Crippen molar-refractivity contribution in [1.29, 1.82) is 0 Å². The monoisotopic (exact) mass is 547 g/mol. The molecule has 0 spiro atoms. The van der Waals surface area contributed by atoms with Gasteiger partial charge in [0, 0.05) is 34.5 Å². The van der Waals surface area contributed by atoms with Crippen molar-refractivity contribution in [2.45, 2.75) is 10.6 Å². The molecule has 192 valence electrons. The van der Waals surface area contributed by atoms with E-state index in [2.05, 4.69) is 14.7 Å². The van der Waals surface area contributed by atoms with Crippen molar-refractivity contribution in [1.82, 2.24) is 9.97 Å². The van der Waals surface area contributed by atoms with Crippen molar-refractivity contribution >= 4 is 46.3 Å². The van der Waals surface area contributed by atoms with E-state index >= 15 is 0 Å². The number of nitrogens with zero attached hydrogens (tertiary/aromatic N) is 2. The van der Waals surface area contributed by atoms with E-state index in [-0.39, 0.29) is 4.90 Å². The number of ether oxygens (including phenoxy) is 1. The van der Waals surface area contributed by atoms with Crippen molar-refractivity contribution in [2.24, 2.45) is 5.14 Å². The van der Waals surface area contributed by atoms with Crippen LogP contribution in [0.3, 0.4) is 0 Å². The third-order valence-corrected chi connectivity index (χ3v) is 7.27. The summed E-state index contributed by atoms with van der Waals surface area (Å²) >= 11 is 2.29. The maximum Gasteiger partial charge on any atom is 0.237 e. The molecule has 2 heterocycles. The summed E-state index contributed by atoms with van der Waals surface area (Å²) in [5.74, 6) is 0.243. The fraction of sp³-hybridized carbons (Fsp3) is 0.0714. The van der Waals surface area contributed by atoms with E-state index in [9.17, 15) is 8.78 Å². The minimum Gasteiger partial charge on any atom is -0.480 e. The lowest BCUT2D eigenvalue weighted by atomic mass is 10.00. The lowest BCUT2D eigenvalue weighted by Gasteiger charge is -2.13. The number of methoxy groups -OCH3 is 1. The molecule has 38 heavy (non-hydrogen) atoms. The van der Waals surface area contributed by atoms with Gasteiger partial charge in [0.25, 0.3) is 0 Å². The van der Waals surface area contributed by atoms with Gasteiger partial charge in [-0.25, -0.2) is 18.7 Å². The maximum atomic E-state index is 14.1. The van der Waals surface area contributed by atoms with Crippen LogP contribution in [0.5, 0.6) is 5.88 Å². The molecule has 0 fully saturated rings. The van der Waals surface area contributed by atoms with Gasteiger partial charge in [-0.15, -0.1) is 0 Å². The average molecular weight is 548 g/mol. The van der Waals surface area contributed by atoms with Crippen LogP contribution >= 0.6 is 23.9 Å². The molecule has 0 amide bonds. The number of pyridine rings is 2. The molecule has 0 atom stereocenters. The second-order valence-corrected chi connectivity index (χ2v) is 9.87. The van der Waals surface area contributed by atoms with Crippen LogP contribution in [0.25, 0.3) is 33.2 Å². The Bertz CT molecular complexity index is 1620. The Labute approximate surface area is 227 Å². The number of nitrogen functional groups attached to an aromatic ring is 1. The molecule has 10 heteroatoms. The van der Waals surface area contributed by atoms with Gasteiger partial charge in [0.1, 0.15) is 23.1 Å². The van der Waals surface area contributed by atoms with Crippen molar-refractivity contribution in [2.75, 3.05) is 17.6 Å². The number of fused-ring (bicyclic) bond motifs is 1. The molecule has 2 aromatic heterocycles. The first-order chi connectivity index (χ1) is 18.4. The van der Waals surface area contributed by atoms with Gasteiger partial charge in [-0.3, -0.25) is 5.14 Å². The molecule has 5 rings (SSSR count). The van der Waals surface area contributed by atoms with Crippen LogP contribution in [0.1, 0.15) is 5.56 Å². The Balaban J connectivity index is 1.46. The number of anilines is 2. The molecular formula is C28H23F2N5OS2. The first-order valence-electron chi connectivity index (χ1n) is 11.5. The number of benzene rings is 3. The van der Waals surface area contributed by atoms with Crippen LogP contribution in [0.2, 0.25) is 0 Å². The van der Waals surface area contributed by atoms with E-state index in [0.717, 1.165) is 62.5 Å². The number of hydrogen-bond donors (Lipinski definition) is 3. The highest BCUT2D eigenvalue weighted by Gasteiger charge is 2.12. The number of hydrogen-bond acceptors (Lipinski definition) is 8. The van der Waals surface area contributed by atoms with Gasteiger partial charge in [0.2, 0.25) is 5.88 Å². The van der Waals surface area contributed by atoms with Gasteiger partial charge in [0.05, 0.1) is 17.5 Å². The predicted molar refractivity (Wildman–Crippen MR) is 153 cm³/mol. The van der Waals surface area contributed by atoms with Crippen LogP contribution in [0.4, 0.5) is 20.3 Å². The molecule has 0 bridgehead atoms. The molecule has 0 aliphatic heterocycles. The second kappa shape index (κ2) is 11.3. The second-order valence-electron chi connectivity index (χ2n) is 8.40. The smallest absolute Gasteiger partial charge is 0.237 e. The number of rotatable bonds is 8. The van der Waals surface area contributed by atoms with Crippen LogP contribution in [-0.4, -0.2) is 17.1 Å². The Morgan fingerprint density at radius 2 is 1.71 bits per heavy atom. The summed E-state index contributed by atoms with van der Waals surface area (Å²) in [6.45, 7) is 0. The van der Waals surface area contributed by atoms with Crippen LogP contribution in [-0.2, 0) is 5.75 Å². The van der Waals surface area contributed by atoms with Gasteiger partial charge >= 0.3 is 0 Å². The largest absolute Gasteiger partial charge is 0.480 e. The van der Waals surface area contributed by atoms with Gasteiger partial charge in [-0.05, 0) is 65.0 Å². The van der Waals surface area contributed by atoms with Crippen LogP contribution in [0.15, 0.2) is 83.9 Å². The molecule has 0 radical (unpaired) electrons. The van der Waals surface area contributed by atoms with E-state index in [1.807, 2.05) is 54.6 Å². The van der Waals surface area contributed by atoms with E-state index in [1.165, 1.54) is 31.2 Å². The fourth-order valence-electron chi connectivity index (χ4n) is 3.99. The molecule has 0 saturated carbocycles. The zero-order valence-corrected chi connectivity index (χ0v) is 21.9. The summed E-state index contributed by atoms with van der Waals surface area (Å²) in [5, 5.41) is 6.50. The zero-order valence-electron chi connectivity index (χ0n) is 20.2. The van der Waals surface area contributed by atoms with Crippen molar-refractivity contribution < 1.29 is 13.5 Å². The first-order valence-corrected chi connectivity index (χ1v) is 13.4. The van der Waals surface area contributed by atoms with Crippen molar-refractivity contribution in [3.63, 3.8) is 0 Å². The third-order valence-electron chi connectivity index (χ3n) is 5.90. The molecule has 0 aliphatic carbocycles. The number of aromatic nitrogens is 2. The van der Waals surface area contributed by atoms with Gasteiger partial charge in [-0.1, -0.05) is 42.3 Å². The predicted octanol–water partition coefficient (Wildman–Crippen LogP) is 7.06. The molecular weight excluding hydrogens is 524 g/mol. The van der Waals surface area contributed by atoms with E-state index < -0.39 is 11.6 Å². The summed E-state index contributed by atoms with van der Waals surface area (Å²) in [5.41, 5.74) is 12.3. The van der Waals surface area contributed by atoms with E-state index in [4.69, 9.17) is 15.6 Å².